The standard InChI is InChI=1S/C23H28F2N2O/c1-16(2)12-22(3,13-17-7-5-4-6-8-17)27-21(28)19-11-18-14-23(24,25)10-9-20(18)26-15-19/h4-8,11,15-16H,9-10,12-14H2,1-3H3,(H,27,28). The number of alkyl halides is 2. The van der Waals surface area contributed by atoms with E-state index in [2.05, 4.69) is 24.1 Å². The number of carbonyl (C=O) groups excluding carboxylic acids is 1. The van der Waals surface area contributed by atoms with Crippen LogP contribution in [0.2, 0.25) is 0 Å². The van der Waals surface area contributed by atoms with Gasteiger partial charge >= 0.3 is 0 Å². The molecule has 0 saturated carbocycles. The summed E-state index contributed by atoms with van der Waals surface area (Å²) in [7, 11) is 0. The largest absolute Gasteiger partial charge is 0.346 e. The summed E-state index contributed by atoms with van der Waals surface area (Å²) in [6, 6.07) is 11.6. The molecule has 28 heavy (non-hydrogen) atoms. The minimum Gasteiger partial charge on any atom is -0.346 e. The number of hydrogen-bond acceptors (Lipinski definition) is 2. The van der Waals surface area contributed by atoms with Crippen LogP contribution in [0.5, 0.6) is 0 Å². The fourth-order valence-corrected chi connectivity index (χ4v) is 4.17. The first kappa shape index (κ1) is 20.4. The number of nitrogens with one attached hydrogen (secondary N) is 1. The monoisotopic (exact) mass is 386 g/mol. The van der Waals surface area contributed by atoms with E-state index in [1.54, 1.807) is 6.07 Å². The lowest BCUT2D eigenvalue weighted by atomic mass is 9.84. The van der Waals surface area contributed by atoms with Gasteiger partial charge in [-0.3, -0.25) is 9.78 Å². The number of aromatic nitrogens is 1. The van der Waals surface area contributed by atoms with Gasteiger partial charge in [-0.1, -0.05) is 44.2 Å². The first-order valence-electron chi connectivity index (χ1n) is 9.88. The van der Waals surface area contributed by atoms with E-state index in [4.69, 9.17) is 0 Å². The fourth-order valence-electron chi connectivity index (χ4n) is 4.17. The molecule has 1 unspecified atom stereocenters. The first-order chi connectivity index (χ1) is 13.2. The zero-order valence-corrected chi connectivity index (χ0v) is 16.8. The van der Waals surface area contributed by atoms with E-state index >= 15 is 0 Å². The van der Waals surface area contributed by atoms with Crippen molar-refractivity contribution in [2.75, 3.05) is 0 Å². The molecule has 0 bridgehead atoms. The molecule has 5 heteroatoms. The Kier molecular flexibility index (Phi) is 5.82. The van der Waals surface area contributed by atoms with Crippen molar-refractivity contribution in [3.63, 3.8) is 0 Å². The Morgan fingerprint density at radius 2 is 2.00 bits per heavy atom. The second-order valence-electron chi connectivity index (χ2n) is 8.64. The number of amides is 1. The van der Waals surface area contributed by atoms with Crippen LogP contribution in [0.15, 0.2) is 42.6 Å². The van der Waals surface area contributed by atoms with Crippen molar-refractivity contribution >= 4 is 5.91 Å². The van der Waals surface area contributed by atoms with Gasteiger partial charge in [0.05, 0.1) is 5.56 Å². The zero-order valence-electron chi connectivity index (χ0n) is 16.8. The number of pyridine rings is 1. The number of hydrogen-bond donors (Lipinski definition) is 1. The summed E-state index contributed by atoms with van der Waals surface area (Å²) < 4.78 is 27.5. The van der Waals surface area contributed by atoms with Gasteiger partial charge in [-0.05, 0) is 49.3 Å². The summed E-state index contributed by atoms with van der Waals surface area (Å²) in [6.45, 7) is 6.29. The Hall–Kier alpha value is -2.30. The molecule has 150 valence electrons. The number of benzene rings is 1. The van der Waals surface area contributed by atoms with Gasteiger partial charge in [-0.25, -0.2) is 8.78 Å². The molecule has 0 fully saturated rings. The van der Waals surface area contributed by atoms with Gasteiger partial charge in [0, 0.05) is 30.3 Å². The Bertz CT molecular complexity index is 836. The van der Waals surface area contributed by atoms with Gasteiger partial charge in [0.25, 0.3) is 11.8 Å². The van der Waals surface area contributed by atoms with Crippen LogP contribution in [-0.2, 0) is 19.3 Å². The van der Waals surface area contributed by atoms with Gasteiger partial charge in [0.15, 0.2) is 0 Å². The van der Waals surface area contributed by atoms with E-state index in [1.165, 1.54) is 6.20 Å². The van der Waals surface area contributed by atoms with Crippen LogP contribution in [0, 0.1) is 5.92 Å². The highest BCUT2D eigenvalue weighted by atomic mass is 19.3. The maximum absolute atomic E-state index is 13.7. The number of carbonyl (C=O) groups is 1. The van der Waals surface area contributed by atoms with Crippen LogP contribution in [-0.4, -0.2) is 22.4 Å². The van der Waals surface area contributed by atoms with Crippen molar-refractivity contribution in [1.29, 1.82) is 0 Å². The summed E-state index contributed by atoms with van der Waals surface area (Å²) >= 11 is 0. The summed E-state index contributed by atoms with van der Waals surface area (Å²) in [6.07, 6.45) is 2.75. The highest BCUT2D eigenvalue weighted by molar-refractivity contribution is 5.94. The predicted octanol–water partition coefficient (Wildman–Crippen LogP) is 4.98. The third-order valence-electron chi connectivity index (χ3n) is 5.21. The van der Waals surface area contributed by atoms with E-state index in [0.717, 1.165) is 12.0 Å². The molecular formula is C23H28F2N2O. The molecule has 3 rings (SSSR count). The minimum absolute atomic E-state index is 0.178. The molecule has 1 heterocycles. The van der Waals surface area contributed by atoms with Crippen LogP contribution in [0.4, 0.5) is 8.78 Å². The van der Waals surface area contributed by atoms with Gasteiger partial charge in [-0.2, -0.15) is 0 Å². The van der Waals surface area contributed by atoms with Crippen molar-refractivity contribution in [1.82, 2.24) is 10.3 Å². The lowest BCUT2D eigenvalue weighted by Gasteiger charge is -2.33. The lowest BCUT2D eigenvalue weighted by molar-refractivity contribution is -0.0128. The van der Waals surface area contributed by atoms with Gasteiger partial charge in [0.2, 0.25) is 0 Å². The smallest absolute Gasteiger partial charge is 0.253 e. The number of nitrogens with zero attached hydrogens (tertiary/aromatic N) is 1. The Balaban J connectivity index is 1.80. The SMILES string of the molecule is CC(C)CC(C)(Cc1ccccc1)NC(=O)c1cnc2c(c1)CC(F)(F)CC2. The number of aryl methyl sites for hydroxylation is 1. The molecule has 0 spiro atoms. The minimum atomic E-state index is -2.72. The quantitative estimate of drug-likeness (QED) is 0.760. The molecule has 1 aromatic carbocycles. The highest BCUT2D eigenvalue weighted by Gasteiger charge is 2.35. The van der Waals surface area contributed by atoms with Crippen molar-refractivity contribution in [2.24, 2.45) is 5.92 Å². The molecule has 2 aromatic rings. The molecular weight excluding hydrogens is 358 g/mol. The average molecular weight is 386 g/mol. The van der Waals surface area contributed by atoms with Crippen LogP contribution >= 0.6 is 0 Å². The normalized spacial score (nSPS) is 17.6. The third-order valence-corrected chi connectivity index (χ3v) is 5.21. The van der Waals surface area contributed by atoms with Gasteiger partial charge in [0.1, 0.15) is 0 Å². The average Bonchev–Trinajstić information content (AvgIpc) is 2.60. The molecule has 1 aromatic heterocycles. The number of fused-ring (bicyclic) bond motifs is 1. The highest BCUT2D eigenvalue weighted by Crippen LogP contribution is 2.32. The van der Waals surface area contributed by atoms with E-state index in [1.807, 2.05) is 37.3 Å². The zero-order chi connectivity index (χ0) is 20.4. The van der Waals surface area contributed by atoms with Gasteiger partial charge < -0.3 is 5.32 Å². The van der Waals surface area contributed by atoms with Gasteiger partial charge in [-0.15, -0.1) is 0 Å². The maximum Gasteiger partial charge on any atom is 0.253 e. The molecule has 1 aliphatic carbocycles. The fraction of sp³-hybridized carbons (Fsp3) is 0.478. The Morgan fingerprint density at radius 1 is 1.29 bits per heavy atom. The second-order valence-corrected chi connectivity index (χ2v) is 8.64. The molecule has 1 N–H and O–H groups in total. The Labute approximate surface area is 165 Å². The molecule has 0 radical (unpaired) electrons. The molecule has 0 aliphatic heterocycles. The topological polar surface area (TPSA) is 42.0 Å². The maximum atomic E-state index is 13.7. The molecule has 1 aliphatic rings. The third kappa shape index (κ3) is 5.15. The predicted molar refractivity (Wildman–Crippen MR) is 107 cm³/mol. The molecule has 0 saturated heterocycles. The van der Waals surface area contributed by atoms with E-state index < -0.39 is 11.5 Å². The summed E-state index contributed by atoms with van der Waals surface area (Å²) in [4.78, 5) is 17.2. The number of rotatable bonds is 6. The van der Waals surface area contributed by atoms with E-state index in [-0.39, 0.29) is 25.2 Å². The van der Waals surface area contributed by atoms with Crippen molar-refractivity contribution < 1.29 is 13.6 Å². The Morgan fingerprint density at radius 3 is 2.68 bits per heavy atom. The van der Waals surface area contributed by atoms with E-state index in [9.17, 15) is 13.6 Å². The van der Waals surface area contributed by atoms with Crippen LogP contribution in [0.25, 0.3) is 0 Å². The number of halogens is 2. The van der Waals surface area contributed by atoms with Crippen LogP contribution < -0.4 is 5.32 Å². The summed E-state index contributed by atoms with van der Waals surface area (Å²) in [5, 5.41) is 3.15. The van der Waals surface area contributed by atoms with Crippen LogP contribution in [0.1, 0.15) is 60.8 Å². The second kappa shape index (κ2) is 7.98. The molecule has 1 atom stereocenters. The summed E-state index contributed by atoms with van der Waals surface area (Å²) in [5.74, 6) is -2.58. The summed E-state index contributed by atoms with van der Waals surface area (Å²) in [5.41, 5.74) is 2.22. The van der Waals surface area contributed by atoms with Crippen molar-refractivity contribution in [3.05, 3.63) is 65.0 Å². The van der Waals surface area contributed by atoms with Crippen molar-refractivity contribution in [3.8, 4) is 0 Å². The van der Waals surface area contributed by atoms with Crippen LogP contribution in [0.3, 0.4) is 0 Å². The van der Waals surface area contributed by atoms with Crippen molar-refractivity contribution in [2.45, 2.75) is 64.3 Å². The molecule has 1 amide bonds. The van der Waals surface area contributed by atoms with E-state index in [0.29, 0.717) is 29.2 Å². The lowest BCUT2D eigenvalue weighted by Crippen LogP contribution is -2.48. The first-order valence-corrected chi connectivity index (χ1v) is 9.88. The molecule has 3 nitrogen and oxygen atoms in total.